The molecule has 0 radical (unpaired) electrons. The summed E-state index contributed by atoms with van der Waals surface area (Å²) in [6.45, 7) is 4.29. The molecule has 1 fully saturated rings. The van der Waals surface area contributed by atoms with E-state index in [0.717, 1.165) is 41.4 Å². The molecule has 0 bridgehead atoms. The average Bonchev–Trinajstić information content (AvgIpc) is 3.10. The van der Waals surface area contributed by atoms with Crippen LogP contribution in [-0.4, -0.2) is 51.7 Å². The van der Waals surface area contributed by atoms with Gasteiger partial charge < -0.3 is 9.64 Å². The third kappa shape index (κ3) is 4.17. The number of rotatable bonds is 5. The number of amides is 1. The Kier molecular flexibility index (Phi) is 5.36. The monoisotopic (exact) mass is 390 g/mol. The molecular formula is C23H26N4O2. The van der Waals surface area contributed by atoms with Crippen molar-refractivity contribution >= 4 is 5.91 Å². The number of para-hydroxylation sites is 1. The van der Waals surface area contributed by atoms with Crippen molar-refractivity contribution < 1.29 is 9.53 Å². The van der Waals surface area contributed by atoms with Gasteiger partial charge in [0.25, 0.3) is 0 Å². The average molecular weight is 390 g/mol. The SMILES string of the molecule is C[C@H]1C(=O)N(C)CCN1Cc1cn(C)nc1-c1ccc(Oc2ccccc2)cc1. The number of ether oxygens (including phenoxy) is 1. The number of carbonyl (C=O) groups is 1. The van der Waals surface area contributed by atoms with Crippen LogP contribution < -0.4 is 4.74 Å². The van der Waals surface area contributed by atoms with Crippen molar-refractivity contribution in [3.63, 3.8) is 0 Å². The van der Waals surface area contributed by atoms with E-state index in [9.17, 15) is 4.79 Å². The third-order valence-corrected chi connectivity index (χ3v) is 5.39. The summed E-state index contributed by atoms with van der Waals surface area (Å²) in [6, 6.07) is 17.6. The van der Waals surface area contributed by atoms with E-state index in [0.29, 0.717) is 6.54 Å². The first kappa shape index (κ1) is 19.2. The van der Waals surface area contributed by atoms with Gasteiger partial charge in [-0.1, -0.05) is 18.2 Å². The van der Waals surface area contributed by atoms with E-state index in [4.69, 9.17) is 4.74 Å². The number of hydrogen-bond acceptors (Lipinski definition) is 4. The zero-order valence-electron chi connectivity index (χ0n) is 17.1. The first-order valence-electron chi connectivity index (χ1n) is 9.86. The van der Waals surface area contributed by atoms with E-state index in [-0.39, 0.29) is 11.9 Å². The standard InChI is InChI=1S/C23H26N4O2/c1-17-23(28)25(2)13-14-27(17)16-19-15-26(3)24-22(19)18-9-11-21(12-10-18)29-20-7-5-4-6-8-20/h4-12,15,17H,13-14,16H2,1-3H3/t17-/m0/s1. The van der Waals surface area contributed by atoms with Crippen LogP contribution in [0.2, 0.25) is 0 Å². The first-order chi connectivity index (χ1) is 14.0. The zero-order valence-corrected chi connectivity index (χ0v) is 17.1. The predicted molar refractivity (Wildman–Crippen MR) is 113 cm³/mol. The Labute approximate surface area is 171 Å². The summed E-state index contributed by atoms with van der Waals surface area (Å²) in [5.74, 6) is 1.77. The number of aryl methyl sites for hydroxylation is 1. The minimum Gasteiger partial charge on any atom is -0.457 e. The molecule has 6 heteroatoms. The molecule has 0 aliphatic carbocycles. The van der Waals surface area contributed by atoms with Crippen molar-refractivity contribution in [2.45, 2.75) is 19.5 Å². The minimum absolute atomic E-state index is 0.122. The Hall–Kier alpha value is -3.12. The van der Waals surface area contributed by atoms with Crippen LogP contribution in [0.4, 0.5) is 0 Å². The van der Waals surface area contributed by atoms with Crippen LogP contribution in [0.1, 0.15) is 12.5 Å². The van der Waals surface area contributed by atoms with Gasteiger partial charge in [0.15, 0.2) is 0 Å². The van der Waals surface area contributed by atoms with Gasteiger partial charge in [-0.25, -0.2) is 0 Å². The summed E-state index contributed by atoms with van der Waals surface area (Å²) < 4.78 is 7.72. The summed E-state index contributed by atoms with van der Waals surface area (Å²) in [5, 5.41) is 4.67. The summed E-state index contributed by atoms with van der Waals surface area (Å²) in [4.78, 5) is 16.3. The Balaban J connectivity index is 1.53. The molecule has 1 saturated heterocycles. The highest BCUT2D eigenvalue weighted by atomic mass is 16.5. The van der Waals surface area contributed by atoms with Crippen molar-refractivity contribution in [1.29, 1.82) is 0 Å². The predicted octanol–water partition coefficient (Wildman–Crippen LogP) is 3.54. The lowest BCUT2D eigenvalue weighted by atomic mass is 10.1. The fraction of sp³-hybridized carbons (Fsp3) is 0.304. The molecule has 1 aliphatic rings. The molecule has 0 saturated carbocycles. The largest absolute Gasteiger partial charge is 0.457 e. The second-order valence-corrected chi connectivity index (χ2v) is 7.52. The topological polar surface area (TPSA) is 50.6 Å². The molecule has 29 heavy (non-hydrogen) atoms. The van der Waals surface area contributed by atoms with Crippen molar-refractivity contribution in [1.82, 2.24) is 19.6 Å². The van der Waals surface area contributed by atoms with Gasteiger partial charge in [-0.05, 0) is 43.3 Å². The molecule has 1 aliphatic heterocycles. The number of benzene rings is 2. The molecule has 0 N–H and O–H groups in total. The summed E-state index contributed by atoms with van der Waals surface area (Å²) >= 11 is 0. The maximum absolute atomic E-state index is 12.3. The molecule has 1 atom stereocenters. The lowest BCUT2D eigenvalue weighted by Crippen LogP contribution is -2.53. The first-order valence-corrected chi connectivity index (χ1v) is 9.86. The van der Waals surface area contributed by atoms with Gasteiger partial charge in [0.1, 0.15) is 11.5 Å². The van der Waals surface area contributed by atoms with E-state index in [2.05, 4.69) is 10.00 Å². The summed E-state index contributed by atoms with van der Waals surface area (Å²) in [6.07, 6.45) is 2.04. The van der Waals surface area contributed by atoms with E-state index in [1.807, 2.05) is 86.5 Å². The van der Waals surface area contributed by atoms with Gasteiger partial charge in [0.05, 0.1) is 11.7 Å². The van der Waals surface area contributed by atoms with Gasteiger partial charge in [-0.15, -0.1) is 0 Å². The van der Waals surface area contributed by atoms with Crippen LogP contribution in [-0.2, 0) is 18.4 Å². The van der Waals surface area contributed by atoms with Crippen LogP contribution in [0, 0.1) is 0 Å². The molecule has 1 amide bonds. The Morgan fingerprint density at radius 3 is 2.41 bits per heavy atom. The van der Waals surface area contributed by atoms with Gasteiger partial charge in [-0.3, -0.25) is 14.4 Å². The van der Waals surface area contributed by atoms with Crippen molar-refractivity contribution in [2.24, 2.45) is 7.05 Å². The molecule has 150 valence electrons. The van der Waals surface area contributed by atoms with Crippen LogP contribution >= 0.6 is 0 Å². The normalized spacial score (nSPS) is 17.6. The second kappa shape index (κ2) is 8.09. The number of nitrogens with zero attached hydrogens (tertiary/aromatic N) is 4. The van der Waals surface area contributed by atoms with Crippen LogP contribution in [0.3, 0.4) is 0 Å². The fourth-order valence-corrected chi connectivity index (χ4v) is 3.69. The minimum atomic E-state index is -0.122. The number of likely N-dealkylation sites (N-methyl/N-ethyl adjacent to an activating group) is 1. The number of carbonyl (C=O) groups excluding carboxylic acids is 1. The van der Waals surface area contributed by atoms with E-state index in [1.165, 1.54) is 0 Å². The third-order valence-electron chi connectivity index (χ3n) is 5.39. The molecule has 4 rings (SSSR count). The lowest BCUT2D eigenvalue weighted by molar-refractivity contribution is -0.139. The van der Waals surface area contributed by atoms with Gasteiger partial charge in [-0.2, -0.15) is 5.10 Å². The highest BCUT2D eigenvalue weighted by molar-refractivity contribution is 5.82. The quantitative estimate of drug-likeness (QED) is 0.669. The highest BCUT2D eigenvalue weighted by Crippen LogP contribution is 2.28. The number of aromatic nitrogens is 2. The Bertz CT molecular complexity index is 982. The maximum Gasteiger partial charge on any atom is 0.239 e. The molecule has 0 spiro atoms. The number of hydrogen-bond donors (Lipinski definition) is 0. The summed E-state index contributed by atoms with van der Waals surface area (Å²) in [7, 11) is 3.79. The highest BCUT2D eigenvalue weighted by Gasteiger charge is 2.30. The number of piperazine rings is 1. The molecule has 1 aromatic heterocycles. The van der Waals surface area contributed by atoms with Gasteiger partial charge >= 0.3 is 0 Å². The zero-order chi connectivity index (χ0) is 20.4. The van der Waals surface area contributed by atoms with Crippen LogP contribution in [0.5, 0.6) is 11.5 Å². The van der Waals surface area contributed by atoms with Crippen molar-refractivity contribution in [3.05, 3.63) is 66.4 Å². The second-order valence-electron chi connectivity index (χ2n) is 7.52. The summed E-state index contributed by atoms with van der Waals surface area (Å²) in [5.41, 5.74) is 3.10. The van der Waals surface area contributed by atoms with Crippen LogP contribution in [0.15, 0.2) is 60.8 Å². The molecule has 0 unspecified atom stereocenters. The maximum atomic E-state index is 12.3. The van der Waals surface area contributed by atoms with E-state index in [1.54, 1.807) is 4.90 Å². The Morgan fingerprint density at radius 2 is 1.69 bits per heavy atom. The Morgan fingerprint density at radius 1 is 1.00 bits per heavy atom. The van der Waals surface area contributed by atoms with Crippen molar-refractivity contribution in [3.8, 4) is 22.8 Å². The fourth-order valence-electron chi connectivity index (χ4n) is 3.69. The van der Waals surface area contributed by atoms with E-state index >= 15 is 0 Å². The van der Waals surface area contributed by atoms with Crippen molar-refractivity contribution in [2.75, 3.05) is 20.1 Å². The molecule has 2 heterocycles. The lowest BCUT2D eigenvalue weighted by Gasteiger charge is -2.37. The van der Waals surface area contributed by atoms with Gasteiger partial charge in [0.2, 0.25) is 5.91 Å². The molecule has 3 aromatic rings. The molecule has 2 aromatic carbocycles. The molecule has 6 nitrogen and oxygen atoms in total. The smallest absolute Gasteiger partial charge is 0.239 e. The van der Waals surface area contributed by atoms with Crippen LogP contribution in [0.25, 0.3) is 11.3 Å². The van der Waals surface area contributed by atoms with Gasteiger partial charge in [0, 0.05) is 51.1 Å². The van der Waals surface area contributed by atoms with E-state index < -0.39 is 0 Å². The molecular weight excluding hydrogens is 364 g/mol.